The number of aryl methyl sites for hydroxylation is 2. The molecule has 19 heavy (non-hydrogen) atoms. The Bertz CT molecular complexity index is 568. The summed E-state index contributed by atoms with van der Waals surface area (Å²) in [5.74, 6) is 3.52. The second-order valence-corrected chi connectivity index (χ2v) is 4.93. The van der Waals surface area contributed by atoms with E-state index in [0.29, 0.717) is 11.7 Å². The summed E-state index contributed by atoms with van der Waals surface area (Å²) in [5, 5.41) is 3.87. The van der Waals surface area contributed by atoms with Crippen LogP contribution in [0.5, 0.6) is 0 Å². The highest BCUT2D eigenvalue weighted by Crippen LogP contribution is 2.28. The van der Waals surface area contributed by atoms with E-state index in [1.54, 1.807) is 6.20 Å². The molecule has 1 aliphatic heterocycles. The minimum atomic E-state index is 0.297. The summed E-state index contributed by atoms with van der Waals surface area (Å²) in [6, 6.07) is 1.95. The van der Waals surface area contributed by atoms with Crippen molar-refractivity contribution in [1.82, 2.24) is 20.1 Å². The molecule has 0 amide bonds. The van der Waals surface area contributed by atoms with Crippen molar-refractivity contribution in [2.24, 2.45) is 0 Å². The quantitative estimate of drug-likeness (QED) is 0.820. The van der Waals surface area contributed by atoms with Gasteiger partial charge in [0.15, 0.2) is 5.82 Å². The lowest BCUT2D eigenvalue weighted by molar-refractivity contribution is 0.331. The fourth-order valence-electron chi connectivity index (χ4n) is 2.49. The summed E-state index contributed by atoms with van der Waals surface area (Å²) in [7, 11) is 0. The number of nitrogens with zero attached hydrogens (tertiary/aromatic N) is 5. The molecule has 3 rings (SSSR count). The normalized spacial score (nSPS) is 19.7. The van der Waals surface area contributed by atoms with Crippen LogP contribution in [0.2, 0.25) is 0 Å². The van der Waals surface area contributed by atoms with Gasteiger partial charge < -0.3 is 9.42 Å². The first-order chi connectivity index (χ1) is 9.22. The van der Waals surface area contributed by atoms with E-state index in [1.165, 1.54) is 0 Å². The summed E-state index contributed by atoms with van der Waals surface area (Å²) in [4.78, 5) is 15.2. The highest BCUT2D eigenvalue weighted by molar-refractivity contribution is 5.38. The van der Waals surface area contributed by atoms with E-state index < -0.39 is 0 Å². The van der Waals surface area contributed by atoms with Crippen LogP contribution in [0.15, 0.2) is 16.8 Å². The van der Waals surface area contributed by atoms with Crippen LogP contribution in [0, 0.1) is 13.8 Å². The van der Waals surface area contributed by atoms with Gasteiger partial charge in [0.2, 0.25) is 5.89 Å². The SMILES string of the molecule is Cc1nccc(N2CCCC(c3nc(C)no3)C2)n1. The molecule has 1 atom stereocenters. The monoisotopic (exact) mass is 259 g/mol. The van der Waals surface area contributed by atoms with E-state index in [1.807, 2.05) is 19.9 Å². The van der Waals surface area contributed by atoms with Crippen molar-refractivity contribution < 1.29 is 4.52 Å². The predicted molar refractivity (Wildman–Crippen MR) is 70.0 cm³/mol. The van der Waals surface area contributed by atoms with Gasteiger partial charge in [-0.15, -0.1) is 0 Å². The number of anilines is 1. The first-order valence-corrected chi connectivity index (χ1v) is 6.57. The standard InChI is InChI=1S/C13H17N5O/c1-9-14-6-5-12(15-9)18-7-3-4-11(8-18)13-16-10(2)17-19-13/h5-6,11H,3-4,7-8H2,1-2H3. The van der Waals surface area contributed by atoms with Gasteiger partial charge in [-0.3, -0.25) is 0 Å². The number of aromatic nitrogens is 4. The van der Waals surface area contributed by atoms with Crippen molar-refractivity contribution >= 4 is 5.82 Å². The molecule has 0 radical (unpaired) electrons. The summed E-state index contributed by atoms with van der Waals surface area (Å²) in [6.07, 6.45) is 4.00. The maximum absolute atomic E-state index is 5.29. The first-order valence-electron chi connectivity index (χ1n) is 6.57. The lowest BCUT2D eigenvalue weighted by Gasteiger charge is -2.31. The molecule has 2 aromatic rings. The Balaban J connectivity index is 1.78. The Kier molecular flexibility index (Phi) is 3.15. The summed E-state index contributed by atoms with van der Waals surface area (Å²) in [5.41, 5.74) is 0. The third-order valence-electron chi connectivity index (χ3n) is 3.40. The van der Waals surface area contributed by atoms with Crippen LogP contribution in [0.3, 0.4) is 0 Å². The molecule has 1 unspecified atom stereocenters. The van der Waals surface area contributed by atoms with E-state index in [9.17, 15) is 0 Å². The van der Waals surface area contributed by atoms with Gasteiger partial charge in [-0.25, -0.2) is 9.97 Å². The molecule has 6 nitrogen and oxygen atoms in total. The van der Waals surface area contributed by atoms with Gasteiger partial charge >= 0.3 is 0 Å². The topological polar surface area (TPSA) is 67.9 Å². The fraction of sp³-hybridized carbons (Fsp3) is 0.538. The summed E-state index contributed by atoms with van der Waals surface area (Å²) < 4.78 is 5.29. The molecule has 0 saturated carbocycles. The zero-order valence-corrected chi connectivity index (χ0v) is 11.2. The van der Waals surface area contributed by atoms with Crippen molar-refractivity contribution in [2.75, 3.05) is 18.0 Å². The molecule has 3 heterocycles. The van der Waals surface area contributed by atoms with Gasteiger partial charge in [-0.05, 0) is 32.8 Å². The van der Waals surface area contributed by atoms with Gasteiger partial charge in [-0.2, -0.15) is 4.98 Å². The minimum Gasteiger partial charge on any atom is -0.356 e. The maximum atomic E-state index is 5.29. The highest BCUT2D eigenvalue weighted by atomic mass is 16.5. The Labute approximate surface area is 111 Å². The van der Waals surface area contributed by atoms with Gasteiger partial charge in [0, 0.05) is 19.3 Å². The van der Waals surface area contributed by atoms with Gasteiger partial charge in [-0.1, -0.05) is 5.16 Å². The zero-order valence-electron chi connectivity index (χ0n) is 11.2. The third-order valence-corrected chi connectivity index (χ3v) is 3.40. The molecule has 1 aliphatic rings. The van der Waals surface area contributed by atoms with Crippen molar-refractivity contribution in [3.8, 4) is 0 Å². The first kappa shape index (κ1) is 12.1. The molecule has 0 N–H and O–H groups in total. The predicted octanol–water partition coefficient (Wildman–Crippen LogP) is 1.86. The Morgan fingerprint density at radius 3 is 2.89 bits per heavy atom. The van der Waals surface area contributed by atoms with E-state index >= 15 is 0 Å². The smallest absolute Gasteiger partial charge is 0.231 e. The molecule has 6 heteroatoms. The molecule has 0 bridgehead atoms. The molecule has 1 saturated heterocycles. The van der Waals surface area contributed by atoms with Crippen LogP contribution in [-0.4, -0.2) is 33.2 Å². The second-order valence-electron chi connectivity index (χ2n) is 4.93. The molecule has 0 aromatic carbocycles. The van der Waals surface area contributed by atoms with Crippen LogP contribution < -0.4 is 4.90 Å². The van der Waals surface area contributed by atoms with Crippen molar-refractivity contribution in [3.05, 3.63) is 29.8 Å². The molecular formula is C13H17N5O. The van der Waals surface area contributed by atoms with Crippen LogP contribution in [0.1, 0.15) is 36.3 Å². The third kappa shape index (κ3) is 2.57. The molecule has 100 valence electrons. The Hall–Kier alpha value is -1.98. The van der Waals surface area contributed by atoms with Crippen molar-refractivity contribution in [3.63, 3.8) is 0 Å². The molecule has 1 fully saturated rings. The number of hydrogen-bond acceptors (Lipinski definition) is 6. The average molecular weight is 259 g/mol. The minimum absolute atomic E-state index is 0.297. The van der Waals surface area contributed by atoms with Crippen LogP contribution in [0.25, 0.3) is 0 Å². The van der Waals surface area contributed by atoms with Gasteiger partial charge in [0.05, 0.1) is 5.92 Å². The molecule has 0 spiro atoms. The highest BCUT2D eigenvalue weighted by Gasteiger charge is 2.26. The largest absolute Gasteiger partial charge is 0.356 e. The van der Waals surface area contributed by atoms with Crippen molar-refractivity contribution in [2.45, 2.75) is 32.6 Å². The Morgan fingerprint density at radius 2 is 2.16 bits per heavy atom. The molecule has 2 aromatic heterocycles. The van der Waals surface area contributed by atoms with Crippen LogP contribution in [0.4, 0.5) is 5.82 Å². The fourth-order valence-corrected chi connectivity index (χ4v) is 2.49. The van der Waals surface area contributed by atoms with E-state index in [0.717, 1.165) is 43.5 Å². The van der Waals surface area contributed by atoms with Crippen LogP contribution >= 0.6 is 0 Å². The molecule has 0 aliphatic carbocycles. The average Bonchev–Trinajstić information content (AvgIpc) is 2.86. The van der Waals surface area contributed by atoms with E-state index in [4.69, 9.17) is 4.52 Å². The van der Waals surface area contributed by atoms with Gasteiger partial charge in [0.25, 0.3) is 0 Å². The maximum Gasteiger partial charge on any atom is 0.231 e. The van der Waals surface area contributed by atoms with Crippen molar-refractivity contribution in [1.29, 1.82) is 0 Å². The van der Waals surface area contributed by atoms with E-state index in [-0.39, 0.29) is 0 Å². The number of piperidine rings is 1. The van der Waals surface area contributed by atoms with E-state index in [2.05, 4.69) is 25.0 Å². The summed E-state index contributed by atoms with van der Waals surface area (Å²) in [6.45, 7) is 5.64. The van der Waals surface area contributed by atoms with Gasteiger partial charge in [0.1, 0.15) is 11.6 Å². The molecular weight excluding hydrogens is 242 g/mol. The lowest BCUT2D eigenvalue weighted by Crippen LogP contribution is -2.35. The Morgan fingerprint density at radius 1 is 1.26 bits per heavy atom. The zero-order chi connectivity index (χ0) is 13.2. The second kappa shape index (κ2) is 4.95. The van der Waals surface area contributed by atoms with Crippen LogP contribution in [-0.2, 0) is 0 Å². The number of hydrogen-bond donors (Lipinski definition) is 0. The lowest BCUT2D eigenvalue weighted by atomic mass is 9.98. The number of rotatable bonds is 2. The summed E-state index contributed by atoms with van der Waals surface area (Å²) >= 11 is 0.